The number of rotatable bonds is 6. The third kappa shape index (κ3) is 3.12. The van der Waals surface area contributed by atoms with Gasteiger partial charge in [0.15, 0.2) is 29.7 Å². The molecule has 2 aromatic rings. The fourth-order valence-corrected chi connectivity index (χ4v) is 4.04. The van der Waals surface area contributed by atoms with Gasteiger partial charge in [0.2, 0.25) is 5.78 Å². The van der Waals surface area contributed by atoms with Crippen LogP contribution in [0.15, 0.2) is 24.0 Å². The van der Waals surface area contributed by atoms with Crippen molar-refractivity contribution < 1.29 is 33.7 Å². The van der Waals surface area contributed by atoms with Crippen molar-refractivity contribution in [2.75, 3.05) is 34.7 Å². The van der Waals surface area contributed by atoms with Gasteiger partial charge < -0.3 is 24.1 Å². The first-order valence-corrected chi connectivity index (χ1v) is 9.65. The summed E-state index contributed by atoms with van der Waals surface area (Å²) < 4.78 is 22.0. The predicted octanol–water partition coefficient (Wildman–Crippen LogP) is -0.0422. The average Bonchev–Trinajstić information content (AvgIpc) is 2.73. The number of carbonyl (C=O) groups is 1. The lowest BCUT2D eigenvalue weighted by Crippen LogP contribution is -2.99. The Labute approximate surface area is 173 Å². The number of fused-ring (bicyclic) bond motifs is 4. The predicted molar refractivity (Wildman–Crippen MR) is 111 cm³/mol. The van der Waals surface area contributed by atoms with Crippen molar-refractivity contribution in [3.63, 3.8) is 0 Å². The number of hydrogen-bond acceptors (Lipinski definition) is 6. The molecule has 2 N–H and O–H groups in total. The minimum atomic E-state index is -0.440. The standard InChI is InChI=1S/C23H23NO6/c1-5-29-19-9-16-14-8-21(28-4)22(30-12-25)6-13(14)11-24(2)23(16)17-10-20(27-3)18(26)7-15(17)19/h6-11,25H,5,12H2,1-4H3/p+1. The van der Waals surface area contributed by atoms with Crippen molar-refractivity contribution in [3.05, 3.63) is 50.4 Å². The molecule has 7 nitrogen and oxygen atoms in total. The van der Waals surface area contributed by atoms with Gasteiger partial charge in [-0.15, -0.1) is 0 Å². The summed E-state index contributed by atoms with van der Waals surface area (Å²) in [5.41, 5.74) is 1.90. The largest absolute Gasteiger partial charge is 0.493 e. The van der Waals surface area contributed by atoms with Crippen molar-refractivity contribution in [3.8, 4) is 17.2 Å². The van der Waals surface area contributed by atoms with Gasteiger partial charge in [-0.3, -0.25) is 9.69 Å². The van der Waals surface area contributed by atoms with Gasteiger partial charge >= 0.3 is 0 Å². The van der Waals surface area contributed by atoms with Crippen LogP contribution in [0, 0.1) is 10.4 Å². The minimum Gasteiger partial charge on any atom is -0.493 e. The molecule has 0 radical (unpaired) electrons. The molecule has 0 fully saturated rings. The number of carbonyl (C=O) groups excluding carboxylic acids is 1. The molecule has 2 aliphatic rings. The van der Waals surface area contributed by atoms with Gasteiger partial charge in [-0.25, -0.2) is 0 Å². The van der Waals surface area contributed by atoms with Crippen LogP contribution in [0.1, 0.15) is 12.5 Å². The van der Waals surface area contributed by atoms with E-state index in [1.54, 1.807) is 19.3 Å². The van der Waals surface area contributed by atoms with Crippen LogP contribution in [0.5, 0.6) is 17.2 Å². The molecular weight excluding hydrogens is 386 g/mol. The van der Waals surface area contributed by atoms with Crippen LogP contribution in [0.25, 0.3) is 18.4 Å². The second-order valence-electron chi connectivity index (χ2n) is 6.97. The van der Waals surface area contributed by atoms with E-state index < -0.39 is 6.79 Å². The van der Waals surface area contributed by atoms with Crippen molar-refractivity contribution in [1.29, 1.82) is 0 Å². The highest BCUT2D eigenvalue weighted by Gasteiger charge is 2.25. The number of aliphatic hydroxyl groups excluding tert-OH is 1. The molecule has 1 aliphatic heterocycles. The third-order valence-corrected chi connectivity index (χ3v) is 5.30. The zero-order chi connectivity index (χ0) is 21.4. The Kier molecular flexibility index (Phi) is 5.24. The van der Waals surface area contributed by atoms with Crippen molar-refractivity contribution in [2.24, 2.45) is 0 Å². The van der Waals surface area contributed by atoms with Gasteiger partial charge in [-0.05, 0) is 31.2 Å². The number of quaternary nitrogens is 1. The van der Waals surface area contributed by atoms with E-state index in [1.807, 2.05) is 32.2 Å². The zero-order valence-electron chi connectivity index (χ0n) is 17.4. The summed E-state index contributed by atoms with van der Waals surface area (Å²) >= 11 is 0. The number of benzene rings is 2. The molecule has 0 bridgehead atoms. The van der Waals surface area contributed by atoms with Crippen LogP contribution in [-0.2, 0) is 9.53 Å². The van der Waals surface area contributed by atoms with E-state index in [-0.39, 0.29) is 5.78 Å². The van der Waals surface area contributed by atoms with Crippen LogP contribution in [0.4, 0.5) is 5.69 Å². The lowest BCUT2D eigenvalue weighted by molar-refractivity contribution is -0.719. The maximum absolute atomic E-state index is 12.4. The lowest BCUT2D eigenvalue weighted by atomic mass is 9.96. The first-order chi connectivity index (χ1) is 14.5. The highest BCUT2D eigenvalue weighted by molar-refractivity contribution is 6.20. The molecule has 0 aromatic heterocycles. The first kappa shape index (κ1) is 20.0. The van der Waals surface area contributed by atoms with Crippen LogP contribution in [0.2, 0.25) is 0 Å². The number of ether oxygens (including phenoxy) is 4. The Bertz CT molecular complexity index is 1280. The van der Waals surface area contributed by atoms with Gasteiger partial charge in [-0.2, -0.15) is 0 Å². The molecule has 0 saturated carbocycles. The summed E-state index contributed by atoms with van der Waals surface area (Å²) in [6.07, 6.45) is 5.40. The second-order valence-corrected chi connectivity index (χ2v) is 6.97. The normalized spacial score (nSPS) is 16.2. The van der Waals surface area contributed by atoms with Crippen molar-refractivity contribution in [1.82, 2.24) is 0 Å². The number of Topliss-reactive ketones (excluding diaryl/α,β-unsaturated/α-hetero) is 1. The molecule has 4 rings (SSSR count). The Morgan fingerprint density at radius 1 is 0.967 bits per heavy atom. The second kappa shape index (κ2) is 7.85. The molecule has 1 aliphatic carbocycles. The van der Waals surface area contributed by atoms with E-state index in [2.05, 4.69) is 6.20 Å². The fourth-order valence-electron chi connectivity index (χ4n) is 4.04. The van der Waals surface area contributed by atoms with E-state index >= 15 is 0 Å². The van der Waals surface area contributed by atoms with Gasteiger partial charge in [0.05, 0.1) is 33.4 Å². The van der Waals surface area contributed by atoms with Crippen LogP contribution >= 0.6 is 0 Å². The number of ketones is 1. The minimum absolute atomic E-state index is 0.184. The van der Waals surface area contributed by atoms with E-state index in [9.17, 15) is 9.90 Å². The van der Waals surface area contributed by atoms with Crippen LogP contribution < -0.4 is 29.5 Å². The molecule has 0 spiro atoms. The van der Waals surface area contributed by atoms with E-state index in [1.165, 1.54) is 7.11 Å². The topological polar surface area (TPSA) is 78.7 Å². The molecule has 2 aromatic carbocycles. The molecular formula is C23H24NO6+. The Hall–Kier alpha value is -3.29. The van der Waals surface area contributed by atoms with Crippen LogP contribution in [-0.4, -0.2) is 45.6 Å². The fraction of sp³-hybridized carbons (Fsp3) is 0.261. The number of hydrogen-bond donors (Lipinski definition) is 2. The molecule has 0 saturated heterocycles. The molecule has 0 amide bonds. The van der Waals surface area contributed by atoms with E-state index in [4.69, 9.17) is 18.9 Å². The summed E-state index contributed by atoms with van der Waals surface area (Å²) in [4.78, 5) is 13.4. The SMILES string of the molecule is CCOc1cc2c(c3c1=CC(=O)C(OC)=C3)[NH+](C)C=c1cc(OCO)c(OC)cc1=2. The molecule has 1 heterocycles. The average molecular weight is 410 g/mol. The number of methoxy groups -OCH3 is 2. The molecule has 156 valence electrons. The maximum Gasteiger partial charge on any atom is 0.221 e. The highest BCUT2D eigenvalue weighted by atomic mass is 16.6. The first-order valence-electron chi connectivity index (χ1n) is 9.65. The Morgan fingerprint density at radius 2 is 1.73 bits per heavy atom. The summed E-state index contributed by atoms with van der Waals surface area (Å²) in [7, 11) is 5.08. The summed E-state index contributed by atoms with van der Waals surface area (Å²) in [6.45, 7) is 1.95. The van der Waals surface area contributed by atoms with Gasteiger partial charge in [0.1, 0.15) is 11.9 Å². The third-order valence-electron chi connectivity index (χ3n) is 5.30. The zero-order valence-corrected chi connectivity index (χ0v) is 17.4. The molecule has 1 atom stereocenters. The highest BCUT2D eigenvalue weighted by Crippen LogP contribution is 2.28. The molecule has 30 heavy (non-hydrogen) atoms. The van der Waals surface area contributed by atoms with Gasteiger partial charge in [-0.1, -0.05) is 0 Å². The van der Waals surface area contributed by atoms with Crippen molar-refractivity contribution in [2.45, 2.75) is 6.92 Å². The number of aliphatic hydroxyl groups is 1. The van der Waals surface area contributed by atoms with Gasteiger partial charge in [0.25, 0.3) is 0 Å². The van der Waals surface area contributed by atoms with Crippen molar-refractivity contribution >= 4 is 29.8 Å². The quantitative estimate of drug-likeness (QED) is 0.651. The Balaban J connectivity index is 2.18. The summed E-state index contributed by atoms with van der Waals surface area (Å²) in [5.74, 6) is 1.74. The van der Waals surface area contributed by atoms with E-state index in [0.717, 1.165) is 37.0 Å². The van der Waals surface area contributed by atoms with Crippen LogP contribution in [0.3, 0.4) is 0 Å². The summed E-state index contributed by atoms with van der Waals surface area (Å²) in [5, 5.41) is 12.8. The van der Waals surface area contributed by atoms with Gasteiger partial charge in [0, 0.05) is 27.0 Å². The smallest absolute Gasteiger partial charge is 0.221 e. The molecule has 7 heteroatoms. The Morgan fingerprint density at radius 3 is 2.40 bits per heavy atom. The monoisotopic (exact) mass is 410 g/mol. The molecule has 1 unspecified atom stereocenters. The lowest BCUT2D eigenvalue weighted by Gasteiger charge is -2.21. The summed E-state index contributed by atoms with van der Waals surface area (Å²) in [6, 6.07) is 5.71. The maximum atomic E-state index is 12.4. The van der Waals surface area contributed by atoms with E-state index in [0.29, 0.717) is 29.6 Å². The number of nitrogens with one attached hydrogen (secondary N) is 1. The number of allylic oxidation sites excluding steroid dienone is 1.